The van der Waals surface area contributed by atoms with Crippen LogP contribution in [0.25, 0.3) is 0 Å². The van der Waals surface area contributed by atoms with E-state index in [1.165, 1.54) is 11.3 Å². The number of piperidine rings is 1. The molecule has 2 N–H and O–H groups in total. The molecule has 1 saturated heterocycles. The van der Waals surface area contributed by atoms with Crippen LogP contribution in [0.5, 0.6) is 0 Å². The summed E-state index contributed by atoms with van der Waals surface area (Å²) in [6.07, 6.45) is 6.10. The van der Waals surface area contributed by atoms with Gasteiger partial charge >= 0.3 is 0 Å². The van der Waals surface area contributed by atoms with Gasteiger partial charge in [0.15, 0.2) is 0 Å². The predicted octanol–water partition coefficient (Wildman–Crippen LogP) is 1.61. The summed E-state index contributed by atoms with van der Waals surface area (Å²) >= 11 is 1.44. The molecule has 1 atom stereocenters. The zero-order valence-electron chi connectivity index (χ0n) is 11.6. The number of carbonyl (C=O) groups is 1. The van der Waals surface area contributed by atoms with Crippen LogP contribution in [-0.4, -0.2) is 38.8 Å². The Hall–Kier alpha value is -2.02. The highest BCUT2D eigenvalue weighted by Gasteiger charge is 2.26. The Morgan fingerprint density at radius 1 is 1.38 bits per heavy atom. The van der Waals surface area contributed by atoms with Crippen LogP contribution >= 0.6 is 11.3 Å². The standard InChI is InChI=1S/C14H17N5OS/c15-13-11(16-3-4-17-13)6-10-2-1-5-19(7-10)14(20)12-8-21-9-18-12/h3-4,8-10H,1-2,5-7H2,(H2,15,17). The highest BCUT2D eigenvalue weighted by Crippen LogP contribution is 2.22. The van der Waals surface area contributed by atoms with E-state index in [0.717, 1.165) is 38.0 Å². The third kappa shape index (κ3) is 3.18. The Bertz CT molecular complexity index is 616. The van der Waals surface area contributed by atoms with Crippen molar-refractivity contribution in [3.05, 3.63) is 34.7 Å². The van der Waals surface area contributed by atoms with Crippen molar-refractivity contribution >= 4 is 23.1 Å². The first kappa shape index (κ1) is 13.9. The van der Waals surface area contributed by atoms with E-state index in [-0.39, 0.29) is 5.91 Å². The number of thiazole rings is 1. The molecule has 7 heteroatoms. The van der Waals surface area contributed by atoms with Crippen molar-refractivity contribution in [1.82, 2.24) is 19.9 Å². The zero-order valence-corrected chi connectivity index (χ0v) is 12.4. The number of nitrogens with zero attached hydrogens (tertiary/aromatic N) is 4. The number of anilines is 1. The third-order valence-corrected chi connectivity index (χ3v) is 4.33. The summed E-state index contributed by atoms with van der Waals surface area (Å²) in [5, 5.41) is 1.80. The van der Waals surface area contributed by atoms with Gasteiger partial charge in [0, 0.05) is 30.9 Å². The molecular weight excluding hydrogens is 286 g/mol. The topological polar surface area (TPSA) is 85.0 Å². The molecule has 1 unspecified atom stereocenters. The number of hydrogen-bond donors (Lipinski definition) is 1. The molecule has 0 spiro atoms. The van der Waals surface area contributed by atoms with Crippen LogP contribution in [0.1, 0.15) is 29.0 Å². The van der Waals surface area contributed by atoms with E-state index in [0.29, 0.717) is 17.4 Å². The first-order valence-corrected chi connectivity index (χ1v) is 7.91. The first-order chi connectivity index (χ1) is 10.2. The van der Waals surface area contributed by atoms with E-state index >= 15 is 0 Å². The van der Waals surface area contributed by atoms with Crippen LogP contribution in [-0.2, 0) is 6.42 Å². The normalized spacial score (nSPS) is 18.7. The Morgan fingerprint density at radius 3 is 3.00 bits per heavy atom. The van der Waals surface area contributed by atoms with Crippen molar-refractivity contribution in [3.8, 4) is 0 Å². The van der Waals surface area contributed by atoms with Crippen LogP contribution in [0.4, 0.5) is 5.82 Å². The second-order valence-corrected chi connectivity index (χ2v) is 5.94. The van der Waals surface area contributed by atoms with E-state index < -0.39 is 0 Å². The number of nitrogen functional groups attached to an aromatic ring is 1. The smallest absolute Gasteiger partial charge is 0.273 e. The minimum Gasteiger partial charge on any atom is -0.382 e. The van der Waals surface area contributed by atoms with Crippen molar-refractivity contribution in [3.63, 3.8) is 0 Å². The van der Waals surface area contributed by atoms with Crippen molar-refractivity contribution < 1.29 is 4.79 Å². The molecule has 2 aromatic heterocycles. The van der Waals surface area contributed by atoms with Crippen LogP contribution in [0, 0.1) is 5.92 Å². The molecule has 3 heterocycles. The van der Waals surface area contributed by atoms with Crippen LogP contribution in [0.15, 0.2) is 23.3 Å². The quantitative estimate of drug-likeness (QED) is 0.931. The lowest BCUT2D eigenvalue weighted by Gasteiger charge is -2.32. The highest BCUT2D eigenvalue weighted by molar-refractivity contribution is 7.07. The van der Waals surface area contributed by atoms with Crippen molar-refractivity contribution in [2.75, 3.05) is 18.8 Å². The van der Waals surface area contributed by atoms with Gasteiger partial charge in [-0.1, -0.05) is 0 Å². The Labute approximate surface area is 127 Å². The molecule has 1 aliphatic heterocycles. The van der Waals surface area contributed by atoms with E-state index in [9.17, 15) is 4.79 Å². The van der Waals surface area contributed by atoms with Gasteiger partial charge in [-0.3, -0.25) is 9.78 Å². The van der Waals surface area contributed by atoms with Crippen molar-refractivity contribution in [1.29, 1.82) is 0 Å². The maximum atomic E-state index is 12.3. The van der Waals surface area contributed by atoms with Crippen LogP contribution in [0.2, 0.25) is 0 Å². The summed E-state index contributed by atoms with van der Waals surface area (Å²) in [4.78, 5) is 26.7. The molecule has 0 aliphatic carbocycles. The van der Waals surface area contributed by atoms with Gasteiger partial charge in [0.25, 0.3) is 5.91 Å². The second kappa shape index (κ2) is 6.17. The van der Waals surface area contributed by atoms with Gasteiger partial charge < -0.3 is 10.6 Å². The molecule has 1 aliphatic rings. The Morgan fingerprint density at radius 2 is 2.24 bits per heavy atom. The molecule has 6 nitrogen and oxygen atoms in total. The molecule has 2 aromatic rings. The second-order valence-electron chi connectivity index (χ2n) is 5.23. The molecule has 0 saturated carbocycles. The minimum absolute atomic E-state index is 0.0214. The largest absolute Gasteiger partial charge is 0.382 e. The van der Waals surface area contributed by atoms with Gasteiger partial charge in [-0.15, -0.1) is 11.3 Å². The fourth-order valence-electron chi connectivity index (χ4n) is 2.70. The monoisotopic (exact) mass is 303 g/mol. The van der Waals surface area contributed by atoms with Gasteiger partial charge in [0.1, 0.15) is 11.5 Å². The SMILES string of the molecule is Nc1nccnc1CC1CCCN(C(=O)c2cscn2)C1. The lowest BCUT2D eigenvalue weighted by atomic mass is 9.93. The molecule has 110 valence electrons. The van der Waals surface area contributed by atoms with E-state index in [1.54, 1.807) is 23.3 Å². The molecule has 1 fully saturated rings. The summed E-state index contributed by atoms with van der Waals surface area (Å²) in [7, 11) is 0. The minimum atomic E-state index is 0.0214. The van der Waals surface area contributed by atoms with Crippen LogP contribution in [0.3, 0.4) is 0 Å². The average molecular weight is 303 g/mol. The fraction of sp³-hybridized carbons (Fsp3) is 0.429. The van der Waals surface area contributed by atoms with Crippen molar-refractivity contribution in [2.45, 2.75) is 19.3 Å². The summed E-state index contributed by atoms with van der Waals surface area (Å²) in [6, 6.07) is 0. The summed E-state index contributed by atoms with van der Waals surface area (Å²) in [5.41, 5.74) is 8.90. The van der Waals surface area contributed by atoms with E-state index in [2.05, 4.69) is 15.0 Å². The molecule has 0 radical (unpaired) electrons. The Kier molecular flexibility index (Phi) is 4.10. The lowest BCUT2D eigenvalue weighted by molar-refractivity contribution is 0.0668. The molecule has 21 heavy (non-hydrogen) atoms. The fourth-order valence-corrected chi connectivity index (χ4v) is 3.23. The van der Waals surface area contributed by atoms with Gasteiger partial charge in [-0.05, 0) is 25.2 Å². The van der Waals surface area contributed by atoms with Crippen LogP contribution < -0.4 is 5.73 Å². The van der Waals surface area contributed by atoms with Crippen molar-refractivity contribution in [2.24, 2.45) is 5.92 Å². The van der Waals surface area contributed by atoms with E-state index in [4.69, 9.17) is 5.73 Å². The number of likely N-dealkylation sites (tertiary alicyclic amines) is 1. The zero-order chi connectivity index (χ0) is 14.7. The van der Waals surface area contributed by atoms with Gasteiger partial charge in [-0.25, -0.2) is 9.97 Å². The van der Waals surface area contributed by atoms with Gasteiger partial charge in [0.05, 0.1) is 11.2 Å². The summed E-state index contributed by atoms with van der Waals surface area (Å²) < 4.78 is 0. The number of hydrogen-bond acceptors (Lipinski definition) is 6. The molecule has 3 rings (SSSR count). The third-order valence-electron chi connectivity index (χ3n) is 3.75. The number of carbonyl (C=O) groups excluding carboxylic acids is 1. The number of amides is 1. The Balaban J connectivity index is 1.66. The highest BCUT2D eigenvalue weighted by atomic mass is 32.1. The number of aromatic nitrogens is 3. The number of nitrogens with two attached hydrogens (primary N) is 1. The van der Waals surface area contributed by atoms with Gasteiger partial charge in [-0.2, -0.15) is 0 Å². The summed E-state index contributed by atoms with van der Waals surface area (Å²) in [5.74, 6) is 0.883. The maximum absolute atomic E-state index is 12.3. The molecular formula is C14H17N5OS. The van der Waals surface area contributed by atoms with Gasteiger partial charge in [0.2, 0.25) is 0 Å². The predicted molar refractivity (Wildman–Crippen MR) is 80.9 cm³/mol. The summed E-state index contributed by atoms with van der Waals surface area (Å²) in [6.45, 7) is 1.52. The molecule has 0 aromatic carbocycles. The number of rotatable bonds is 3. The lowest BCUT2D eigenvalue weighted by Crippen LogP contribution is -2.40. The van der Waals surface area contributed by atoms with E-state index in [1.807, 2.05) is 4.90 Å². The maximum Gasteiger partial charge on any atom is 0.273 e. The molecule has 1 amide bonds. The first-order valence-electron chi connectivity index (χ1n) is 6.97. The molecule has 0 bridgehead atoms. The average Bonchev–Trinajstić information content (AvgIpc) is 3.03.